The molecule has 2 aromatic heterocycles. The van der Waals surface area contributed by atoms with Gasteiger partial charge in [-0.1, -0.05) is 30.7 Å². The number of fused-ring (bicyclic) bond motifs is 1. The lowest BCUT2D eigenvalue weighted by Gasteiger charge is -1.99. The van der Waals surface area contributed by atoms with Gasteiger partial charge in [-0.3, -0.25) is 0 Å². The minimum absolute atomic E-state index is 0.349. The first-order valence-electron chi connectivity index (χ1n) is 5.95. The summed E-state index contributed by atoms with van der Waals surface area (Å²) in [5, 5.41) is 5.11. The highest BCUT2D eigenvalue weighted by molar-refractivity contribution is 6.30. The van der Waals surface area contributed by atoms with Gasteiger partial charge in [-0.25, -0.2) is 4.98 Å². The maximum absolute atomic E-state index is 5.88. The summed E-state index contributed by atoms with van der Waals surface area (Å²) in [5.41, 5.74) is 8.34. The van der Waals surface area contributed by atoms with E-state index in [-0.39, 0.29) is 0 Å². The SMILES string of the molecule is CCc1nc(N)n2nc(-c3ccc(Cl)cc3)cc2n1. The van der Waals surface area contributed by atoms with E-state index in [2.05, 4.69) is 15.1 Å². The van der Waals surface area contributed by atoms with Crippen molar-refractivity contribution in [2.75, 3.05) is 5.73 Å². The van der Waals surface area contributed by atoms with Crippen LogP contribution in [-0.4, -0.2) is 19.6 Å². The molecule has 0 saturated heterocycles. The van der Waals surface area contributed by atoms with Gasteiger partial charge in [0.15, 0.2) is 5.65 Å². The predicted molar refractivity (Wildman–Crippen MR) is 75.0 cm³/mol. The highest BCUT2D eigenvalue weighted by atomic mass is 35.5. The molecule has 0 radical (unpaired) electrons. The Morgan fingerprint density at radius 3 is 2.63 bits per heavy atom. The zero-order chi connectivity index (χ0) is 13.4. The second-order valence-electron chi connectivity index (χ2n) is 4.16. The van der Waals surface area contributed by atoms with Crippen molar-refractivity contribution in [1.29, 1.82) is 0 Å². The molecule has 0 atom stereocenters. The average Bonchev–Trinajstić information content (AvgIpc) is 2.84. The van der Waals surface area contributed by atoms with Gasteiger partial charge in [0.05, 0.1) is 5.69 Å². The first-order chi connectivity index (χ1) is 9.17. The van der Waals surface area contributed by atoms with Gasteiger partial charge in [-0.05, 0) is 12.1 Å². The molecule has 1 aromatic carbocycles. The van der Waals surface area contributed by atoms with E-state index in [9.17, 15) is 0 Å². The fourth-order valence-electron chi connectivity index (χ4n) is 1.88. The molecule has 96 valence electrons. The molecule has 3 rings (SSSR count). The van der Waals surface area contributed by atoms with Crippen LogP contribution in [0.15, 0.2) is 30.3 Å². The second-order valence-corrected chi connectivity index (χ2v) is 4.59. The molecule has 0 spiro atoms. The molecule has 2 heterocycles. The molecule has 0 amide bonds. The predicted octanol–water partition coefficient (Wildman–Crippen LogP) is 2.59. The number of aryl methyl sites for hydroxylation is 1. The maximum atomic E-state index is 5.88. The largest absolute Gasteiger partial charge is 0.368 e. The summed E-state index contributed by atoms with van der Waals surface area (Å²) in [6.45, 7) is 1.99. The lowest BCUT2D eigenvalue weighted by molar-refractivity contribution is 0.857. The fourth-order valence-corrected chi connectivity index (χ4v) is 2.00. The van der Waals surface area contributed by atoms with Crippen molar-refractivity contribution in [2.45, 2.75) is 13.3 Å². The van der Waals surface area contributed by atoms with Crippen molar-refractivity contribution < 1.29 is 0 Å². The molecule has 19 heavy (non-hydrogen) atoms. The Morgan fingerprint density at radius 1 is 1.21 bits per heavy atom. The topological polar surface area (TPSA) is 69.1 Å². The smallest absolute Gasteiger partial charge is 0.224 e. The minimum atomic E-state index is 0.349. The maximum Gasteiger partial charge on any atom is 0.224 e. The molecule has 0 bridgehead atoms. The van der Waals surface area contributed by atoms with E-state index >= 15 is 0 Å². The summed E-state index contributed by atoms with van der Waals surface area (Å²) in [5.74, 6) is 1.06. The van der Waals surface area contributed by atoms with Crippen molar-refractivity contribution in [2.24, 2.45) is 0 Å². The molecule has 0 saturated carbocycles. The molecule has 0 aliphatic carbocycles. The van der Waals surface area contributed by atoms with Crippen LogP contribution in [0, 0.1) is 0 Å². The normalized spacial score (nSPS) is 11.1. The molecule has 0 aliphatic rings. The van der Waals surface area contributed by atoms with E-state index < -0.39 is 0 Å². The molecular weight excluding hydrogens is 262 g/mol. The molecule has 0 unspecified atom stereocenters. The lowest BCUT2D eigenvalue weighted by Crippen LogP contribution is -2.06. The quantitative estimate of drug-likeness (QED) is 0.779. The Bertz CT molecular complexity index is 733. The third-order valence-corrected chi connectivity index (χ3v) is 3.10. The van der Waals surface area contributed by atoms with Crippen LogP contribution >= 0.6 is 11.6 Å². The number of nitrogens with zero attached hydrogens (tertiary/aromatic N) is 4. The van der Waals surface area contributed by atoms with Gasteiger partial charge in [0.25, 0.3) is 0 Å². The van der Waals surface area contributed by atoms with E-state index in [4.69, 9.17) is 17.3 Å². The van der Waals surface area contributed by atoms with Crippen LogP contribution in [0.5, 0.6) is 0 Å². The zero-order valence-electron chi connectivity index (χ0n) is 10.3. The number of halogens is 1. The summed E-state index contributed by atoms with van der Waals surface area (Å²) in [6, 6.07) is 9.37. The van der Waals surface area contributed by atoms with Gasteiger partial charge in [-0.15, -0.1) is 0 Å². The Morgan fingerprint density at radius 2 is 1.95 bits per heavy atom. The molecule has 2 N–H and O–H groups in total. The molecular formula is C13H12ClN5. The summed E-state index contributed by atoms with van der Waals surface area (Å²) < 4.78 is 1.54. The third kappa shape index (κ3) is 2.13. The Labute approximate surface area is 115 Å². The number of nitrogens with two attached hydrogens (primary N) is 1. The van der Waals surface area contributed by atoms with Crippen LogP contribution in [0.1, 0.15) is 12.7 Å². The van der Waals surface area contributed by atoms with Gasteiger partial charge >= 0.3 is 0 Å². The molecule has 6 heteroatoms. The fraction of sp³-hybridized carbons (Fsp3) is 0.154. The summed E-state index contributed by atoms with van der Waals surface area (Å²) >= 11 is 5.87. The van der Waals surface area contributed by atoms with E-state index in [1.165, 1.54) is 0 Å². The van der Waals surface area contributed by atoms with Crippen molar-refractivity contribution in [3.8, 4) is 11.3 Å². The summed E-state index contributed by atoms with van der Waals surface area (Å²) in [4.78, 5) is 8.59. The third-order valence-electron chi connectivity index (χ3n) is 2.85. The van der Waals surface area contributed by atoms with Crippen molar-refractivity contribution in [3.05, 3.63) is 41.2 Å². The van der Waals surface area contributed by atoms with E-state index in [0.29, 0.717) is 22.4 Å². The van der Waals surface area contributed by atoms with Crippen LogP contribution < -0.4 is 5.73 Å². The van der Waals surface area contributed by atoms with E-state index in [1.54, 1.807) is 4.52 Å². The number of hydrogen-bond donors (Lipinski definition) is 1. The standard InChI is InChI=1S/C13H12ClN5/c1-2-11-16-12-7-10(18-19(12)13(15)17-11)8-3-5-9(14)6-4-8/h3-7H,2H2,1H3,(H2,15,16,17). The van der Waals surface area contributed by atoms with Gasteiger partial charge in [0.2, 0.25) is 5.95 Å². The number of hydrogen-bond acceptors (Lipinski definition) is 4. The van der Waals surface area contributed by atoms with E-state index in [0.717, 1.165) is 17.7 Å². The van der Waals surface area contributed by atoms with Crippen LogP contribution in [0.2, 0.25) is 5.02 Å². The second kappa shape index (κ2) is 4.51. The molecule has 0 aliphatic heterocycles. The molecule has 5 nitrogen and oxygen atoms in total. The number of anilines is 1. The van der Waals surface area contributed by atoms with Crippen LogP contribution in [-0.2, 0) is 6.42 Å². The van der Waals surface area contributed by atoms with Gasteiger partial charge in [-0.2, -0.15) is 14.6 Å². The van der Waals surface area contributed by atoms with Gasteiger partial charge in [0, 0.05) is 23.1 Å². The first kappa shape index (κ1) is 11.9. The number of benzene rings is 1. The summed E-state index contributed by atoms with van der Waals surface area (Å²) in [6.07, 6.45) is 0.738. The number of rotatable bonds is 2. The molecule has 3 aromatic rings. The van der Waals surface area contributed by atoms with Crippen molar-refractivity contribution in [1.82, 2.24) is 19.6 Å². The highest BCUT2D eigenvalue weighted by Gasteiger charge is 2.09. The molecule has 0 fully saturated rings. The average molecular weight is 274 g/mol. The highest BCUT2D eigenvalue weighted by Crippen LogP contribution is 2.22. The Kier molecular flexibility index (Phi) is 2.83. The van der Waals surface area contributed by atoms with E-state index in [1.807, 2.05) is 37.3 Å². The Hall–Kier alpha value is -2.14. The van der Waals surface area contributed by atoms with Gasteiger partial charge < -0.3 is 5.73 Å². The summed E-state index contributed by atoms with van der Waals surface area (Å²) in [7, 11) is 0. The Balaban J connectivity index is 2.16. The lowest BCUT2D eigenvalue weighted by atomic mass is 10.2. The van der Waals surface area contributed by atoms with Crippen molar-refractivity contribution >= 4 is 23.2 Å². The first-order valence-corrected chi connectivity index (χ1v) is 6.33. The monoisotopic (exact) mass is 273 g/mol. The van der Waals surface area contributed by atoms with Crippen LogP contribution in [0.3, 0.4) is 0 Å². The van der Waals surface area contributed by atoms with Crippen molar-refractivity contribution in [3.63, 3.8) is 0 Å². The minimum Gasteiger partial charge on any atom is -0.368 e. The number of aromatic nitrogens is 4. The van der Waals surface area contributed by atoms with Gasteiger partial charge in [0.1, 0.15) is 5.82 Å². The van der Waals surface area contributed by atoms with Crippen LogP contribution in [0.25, 0.3) is 16.9 Å². The zero-order valence-corrected chi connectivity index (χ0v) is 11.1. The van der Waals surface area contributed by atoms with Crippen LogP contribution in [0.4, 0.5) is 5.95 Å². The number of nitrogen functional groups attached to an aromatic ring is 1.